The normalized spacial score (nSPS) is 41.6. The van der Waals surface area contributed by atoms with Crippen LogP contribution in [-0.4, -0.2) is 43.9 Å². The molecule has 1 saturated carbocycles. The zero-order valence-electron chi connectivity index (χ0n) is 12.8. The Morgan fingerprint density at radius 3 is 2.67 bits per heavy atom. The lowest BCUT2D eigenvalue weighted by Crippen LogP contribution is -2.67. The second-order valence-electron chi connectivity index (χ2n) is 6.28. The Labute approximate surface area is 147 Å². The molecule has 0 aromatic heterocycles. The lowest BCUT2D eigenvalue weighted by atomic mass is 9.81. The van der Waals surface area contributed by atoms with Gasteiger partial charge in [-0.1, -0.05) is 46.3 Å². The molecule has 4 rings (SSSR count). The van der Waals surface area contributed by atoms with Crippen molar-refractivity contribution in [1.82, 2.24) is 5.48 Å². The van der Waals surface area contributed by atoms with Crippen molar-refractivity contribution in [2.24, 2.45) is 5.92 Å². The second-order valence-corrected chi connectivity index (χ2v) is 7.62. The quantitative estimate of drug-likeness (QED) is 0.432. The van der Waals surface area contributed by atoms with E-state index in [1.165, 1.54) is 0 Å². The van der Waals surface area contributed by atoms with E-state index in [0.717, 1.165) is 5.56 Å². The molecule has 2 aliphatic heterocycles. The van der Waals surface area contributed by atoms with Gasteiger partial charge in [0.05, 0.1) is 24.7 Å². The molecule has 4 N–H and O–H groups in total. The highest BCUT2D eigenvalue weighted by atomic mass is 79.9. The summed E-state index contributed by atoms with van der Waals surface area (Å²) in [6.45, 7) is 0.189. The van der Waals surface area contributed by atoms with Gasteiger partial charge in [0.15, 0.2) is 6.29 Å². The first kappa shape index (κ1) is 17.8. The third kappa shape index (κ3) is 2.97. The zero-order valence-corrected chi connectivity index (χ0v) is 14.4. The number of nitrogens with zero attached hydrogens (tertiary/aromatic N) is 1. The second kappa shape index (κ2) is 6.69. The Bertz CT molecular complexity index is 627. The SMILES string of the molecule is N#CC1CC2(NOCc3ccccc3)C(O)OC1(Br)CC(O)C2O. The van der Waals surface area contributed by atoms with Gasteiger partial charge in [0, 0.05) is 6.42 Å². The Morgan fingerprint density at radius 2 is 2.00 bits per heavy atom. The lowest BCUT2D eigenvalue weighted by Gasteiger charge is -2.47. The lowest BCUT2D eigenvalue weighted by molar-refractivity contribution is -0.264. The Hall–Kier alpha value is -1.05. The van der Waals surface area contributed by atoms with Gasteiger partial charge in [-0.15, -0.1) is 0 Å². The van der Waals surface area contributed by atoms with Crippen LogP contribution in [0.25, 0.3) is 0 Å². The van der Waals surface area contributed by atoms with E-state index >= 15 is 0 Å². The predicted octanol–water partition coefficient (Wildman–Crippen LogP) is 0.542. The van der Waals surface area contributed by atoms with E-state index in [4.69, 9.17) is 9.57 Å². The minimum atomic E-state index is -1.50. The van der Waals surface area contributed by atoms with E-state index in [1.54, 1.807) is 0 Å². The van der Waals surface area contributed by atoms with Crippen LogP contribution < -0.4 is 5.48 Å². The highest BCUT2D eigenvalue weighted by Crippen LogP contribution is 2.50. The molecule has 2 bridgehead atoms. The van der Waals surface area contributed by atoms with Gasteiger partial charge in [0.25, 0.3) is 0 Å². The zero-order chi connectivity index (χ0) is 17.4. The van der Waals surface area contributed by atoms with Gasteiger partial charge in [-0.2, -0.15) is 10.7 Å². The van der Waals surface area contributed by atoms with Crippen LogP contribution in [0.2, 0.25) is 0 Å². The van der Waals surface area contributed by atoms with Gasteiger partial charge in [-0.25, -0.2) is 0 Å². The monoisotopic (exact) mass is 398 g/mol. The summed E-state index contributed by atoms with van der Waals surface area (Å²) in [4.78, 5) is 5.46. The molecule has 6 atom stereocenters. The van der Waals surface area contributed by atoms with Crippen molar-refractivity contribution in [2.45, 2.75) is 48.0 Å². The van der Waals surface area contributed by atoms with Crippen molar-refractivity contribution in [3.8, 4) is 6.07 Å². The molecule has 0 radical (unpaired) electrons. The maximum absolute atomic E-state index is 10.5. The number of halogens is 1. The largest absolute Gasteiger partial charge is 0.390 e. The van der Waals surface area contributed by atoms with Crippen LogP contribution in [0.1, 0.15) is 18.4 Å². The molecule has 3 fully saturated rings. The highest BCUT2D eigenvalue weighted by molar-refractivity contribution is 9.10. The summed E-state index contributed by atoms with van der Waals surface area (Å²) in [5.41, 5.74) is 2.06. The first-order valence-electron chi connectivity index (χ1n) is 7.65. The molecule has 2 heterocycles. The van der Waals surface area contributed by atoms with Gasteiger partial charge >= 0.3 is 0 Å². The molecule has 6 unspecified atom stereocenters. The van der Waals surface area contributed by atoms with Crippen molar-refractivity contribution >= 4 is 15.9 Å². The number of benzene rings is 1. The fraction of sp³-hybridized carbons (Fsp3) is 0.562. The number of ether oxygens (including phenoxy) is 1. The highest BCUT2D eigenvalue weighted by Gasteiger charge is 2.64. The van der Waals surface area contributed by atoms with Crippen molar-refractivity contribution in [1.29, 1.82) is 5.26 Å². The molecule has 1 aromatic rings. The van der Waals surface area contributed by atoms with E-state index in [1.807, 2.05) is 30.3 Å². The molecule has 7 nitrogen and oxygen atoms in total. The summed E-state index contributed by atoms with van der Waals surface area (Å²) in [6, 6.07) is 11.5. The van der Waals surface area contributed by atoms with Gasteiger partial charge in [-0.3, -0.25) is 4.84 Å². The molecule has 24 heavy (non-hydrogen) atoms. The fourth-order valence-corrected chi connectivity index (χ4v) is 4.06. The van der Waals surface area contributed by atoms with Crippen molar-refractivity contribution in [3.63, 3.8) is 0 Å². The Kier molecular flexibility index (Phi) is 4.95. The average Bonchev–Trinajstić information content (AvgIpc) is 2.68. The molecule has 0 amide bonds. The van der Waals surface area contributed by atoms with Gasteiger partial charge in [0.1, 0.15) is 16.2 Å². The molecule has 3 aliphatic rings. The summed E-state index contributed by atoms with van der Waals surface area (Å²) in [7, 11) is 0. The minimum Gasteiger partial charge on any atom is -0.390 e. The van der Waals surface area contributed by atoms with E-state index in [9.17, 15) is 20.6 Å². The molecular formula is C16H19BrN2O5. The van der Waals surface area contributed by atoms with E-state index in [-0.39, 0.29) is 19.4 Å². The standard InChI is InChI=1S/C16H19BrN2O5/c17-16-7-12(20)13(21)15(14(22)24-16,6-11(16)8-18)19-23-9-10-4-2-1-3-5-10/h1-5,11-14,19-22H,6-7,9H2. The van der Waals surface area contributed by atoms with Crippen LogP contribution in [0.5, 0.6) is 0 Å². The van der Waals surface area contributed by atoms with Crippen LogP contribution in [0.3, 0.4) is 0 Å². The van der Waals surface area contributed by atoms with Crippen LogP contribution >= 0.6 is 15.9 Å². The number of aliphatic hydroxyl groups is 3. The third-order valence-corrected chi connectivity index (χ3v) is 5.75. The van der Waals surface area contributed by atoms with Crippen LogP contribution in [-0.2, 0) is 16.2 Å². The van der Waals surface area contributed by atoms with Crippen LogP contribution in [0.4, 0.5) is 0 Å². The number of rotatable bonds is 4. The maximum atomic E-state index is 10.5. The summed E-state index contributed by atoms with van der Waals surface area (Å²) in [6.07, 6.45) is -3.97. The molecule has 0 spiro atoms. The van der Waals surface area contributed by atoms with Crippen molar-refractivity contribution < 1.29 is 24.9 Å². The van der Waals surface area contributed by atoms with E-state index < -0.39 is 34.5 Å². The van der Waals surface area contributed by atoms with Crippen LogP contribution in [0, 0.1) is 17.2 Å². The number of hydroxylamine groups is 1. The number of hydrogen-bond acceptors (Lipinski definition) is 7. The fourth-order valence-electron chi connectivity index (χ4n) is 3.28. The number of fused-ring (bicyclic) bond motifs is 4. The number of alkyl halides is 1. The Morgan fingerprint density at radius 1 is 1.29 bits per heavy atom. The van der Waals surface area contributed by atoms with Gasteiger partial charge in [0.2, 0.25) is 0 Å². The molecule has 130 valence electrons. The van der Waals surface area contributed by atoms with E-state index in [2.05, 4.69) is 27.5 Å². The molecule has 8 heteroatoms. The topological polar surface area (TPSA) is 115 Å². The average molecular weight is 399 g/mol. The smallest absolute Gasteiger partial charge is 0.179 e. The minimum absolute atomic E-state index is 0.0223. The first-order chi connectivity index (χ1) is 11.4. The number of nitrogens with one attached hydrogen (secondary N) is 1. The Balaban J connectivity index is 1.81. The van der Waals surface area contributed by atoms with Crippen molar-refractivity contribution in [3.05, 3.63) is 35.9 Å². The number of nitriles is 1. The molecule has 1 aromatic carbocycles. The first-order valence-corrected chi connectivity index (χ1v) is 8.44. The maximum Gasteiger partial charge on any atom is 0.179 e. The van der Waals surface area contributed by atoms with E-state index in [0.29, 0.717) is 0 Å². The summed E-state index contributed by atoms with van der Waals surface area (Å²) >= 11 is 3.30. The molecule has 2 saturated heterocycles. The number of hydrogen-bond donors (Lipinski definition) is 4. The predicted molar refractivity (Wildman–Crippen MR) is 86.2 cm³/mol. The van der Waals surface area contributed by atoms with Gasteiger partial charge < -0.3 is 20.1 Å². The van der Waals surface area contributed by atoms with Crippen LogP contribution in [0.15, 0.2) is 30.3 Å². The molecular weight excluding hydrogens is 380 g/mol. The number of aliphatic hydroxyl groups excluding tert-OH is 3. The molecule has 1 aliphatic carbocycles. The summed E-state index contributed by atoms with van der Waals surface area (Å²) in [5.74, 6) is -0.680. The summed E-state index contributed by atoms with van der Waals surface area (Å²) < 4.78 is 4.33. The summed E-state index contributed by atoms with van der Waals surface area (Å²) in [5, 5.41) is 40.6. The van der Waals surface area contributed by atoms with Crippen molar-refractivity contribution in [2.75, 3.05) is 0 Å². The van der Waals surface area contributed by atoms with Gasteiger partial charge in [-0.05, 0) is 12.0 Å². The third-order valence-electron chi connectivity index (χ3n) is 4.69.